The Morgan fingerprint density at radius 3 is 2.64 bits per heavy atom. The van der Waals surface area contributed by atoms with Gasteiger partial charge in [0.25, 0.3) is 0 Å². The van der Waals surface area contributed by atoms with Crippen molar-refractivity contribution in [2.75, 3.05) is 6.54 Å². The van der Waals surface area contributed by atoms with E-state index in [1.165, 1.54) is 5.56 Å². The molecule has 14 heavy (non-hydrogen) atoms. The summed E-state index contributed by atoms with van der Waals surface area (Å²) in [4.78, 5) is 0. The van der Waals surface area contributed by atoms with E-state index in [1.807, 2.05) is 12.1 Å². The Morgan fingerprint density at radius 1 is 1.43 bits per heavy atom. The van der Waals surface area contributed by atoms with E-state index in [4.69, 9.17) is 0 Å². The van der Waals surface area contributed by atoms with Crippen LogP contribution in [0.25, 0.3) is 0 Å². The van der Waals surface area contributed by atoms with E-state index in [9.17, 15) is 5.11 Å². The molecule has 2 heteroatoms. The van der Waals surface area contributed by atoms with E-state index in [1.54, 1.807) is 0 Å². The number of hydrogen-bond donors (Lipinski definition) is 2. The van der Waals surface area contributed by atoms with Crippen LogP contribution in [0.5, 0.6) is 5.75 Å². The number of rotatable bonds is 2. The zero-order valence-corrected chi connectivity index (χ0v) is 8.75. The van der Waals surface area contributed by atoms with Crippen LogP contribution in [-0.4, -0.2) is 11.7 Å². The molecule has 0 radical (unpaired) electrons. The second-order valence-corrected chi connectivity index (χ2v) is 4.27. The quantitative estimate of drug-likeness (QED) is 0.753. The monoisotopic (exact) mass is 191 g/mol. The summed E-state index contributed by atoms with van der Waals surface area (Å²) in [7, 11) is 0. The highest BCUT2D eigenvalue weighted by Gasteiger charge is 2.21. The van der Waals surface area contributed by atoms with Gasteiger partial charge in [0.2, 0.25) is 0 Å². The van der Waals surface area contributed by atoms with Crippen LogP contribution in [0.2, 0.25) is 0 Å². The second-order valence-electron chi connectivity index (χ2n) is 4.27. The minimum Gasteiger partial charge on any atom is -0.508 e. The van der Waals surface area contributed by atoms with Crippen molar-refractivity contribution in [3.05, 3.63) is 29.3 Å². The second kappa shape index (κ2) is 3.62. The summed E-state index contributed by atoms with van der Waals surface area (Å²) in [5.74, 6) is 0.945. The van der Waals surface area contributed by atoms with Gasteiger partial charge < -0.3 is 10.4 Å². The molecule has 0 saturated carbocycles. The first kappa shape index (κ1) is 9.53. The minimum absolute atomic E-state index is 0.369. The molecule has 1 aliphatic heterocycles. The van der Waals surface area contributed by atoms with Crippen molar-refractivity contribution >= 4 is 0 Å². The van der Waals surface area contributed by atoms with Crippen molar-refractivity contribution in [1.82, 2.24) is 5.32 Å². The maximum absolute atomic E-state index is 9.71. The lowest BCUT2D eigenvalue weighted by Gasteiger charge is -2.29. The van der Waals surface area contributed by atoms with Crippen molar-refractivity contribution in [2.45, 2.75) is 32.2 Å². The predicted molar refractivity (Wildman–Crippen MR) is 57.6 cm³/mol. The molecule has 1 aromatic rings. The van der Waals surface area contributed by atoms with Gasteiger partial charge in [0.1, 0.15) is 5.75 Å². The summed E-state index contributed by atoms with van der Waals surface area (Å²) < 4.78 is 0. The summed E-state index contributed by atoms with van der Waals surface area (Å²) >= 11 is 0. The van der Waals surface area contributed by atoms with E-state index in [2.05, 4.69) is 25.2 Å². The van der Waals surface area contributed by atoms with Gasteiger partial charge in [-0.2, -0.15) is 0 Å². The van der Waals surface area contributed by atoms with Crippen LogP contribution in [0.1, 0.15) is 43.4 Å². The van der Waals surface area contributed by atoms with Gasteiger partial charge in [-0.25, -0.2) is 0 Å². The van der Waals surface area contributed by atoms with Gasteiger partial charge in [-0.1, -0.05) is 26.0 Å². The lowest BCUT2D eigenvalue weighted by Crippen LogP contribution is -2.35. The molecule has 0 unspecified atom stereocenters. The Morgan fingerprint density at radius 2 is 2.14 bits per heavy atom. The molecular formula is C12H17NO. The molecule has 1 aliphatic rings. The lowest BCUT2D eigenvalue weighted by atomic mass is 9.92. The van der Waals surface area contributed by atoms with Crippen molar-refractivity contribution in [1.29, 1.82) is 0 Å². The topological polar surface area (TPSA) is 32.3 Å². The molecule has 76 valence electrons. The fraction of sp³-hybridized carbons (Fsp3) is 0.500. The molecule has 0 amide bonds. The summed E-state index contributed by atoms with van der Waals surface area (Å²) in [6.45, 7) is 5.41. The molecule has 2 N–H and O–H groups in total. The highest BCUT2D eigenvalue weighted by Crippen LogP contribution is 2.32. The van der Waals surface area contributed by atoms with Gasteiger partial charge in [-0.05, 0) is 30.5 Å². The average molecular weight is 191 g/mol. The summed E-state index contributed by atoms with van der Waals surface area (Å²) in [5, 5.41) is 13.0. The van der Waals surface area contributed by atoms with Crippen molar-refractivity contribution < 1.29 is 5.11 Å². The number of phenols is 1. The maximum Gasteiger partial charge on any atom is 0.120 e. The Bertz CT molecular complexity index is 329. The first-order chi connectivity index (χ1) is 6.68. The van der Waals surface area contributed by atoms with Gasteiger partial charge in [0.05, 0.1) is 0 Å². The molecular weight excluding hydrogens is 174 g/mol. The molecule has 2 rings (SSSR count). The standard InChI is InChI=1S/C12H17NO/c1-8(2)9-3-4-12(14)10(7-9)11-5-6-13-11/h3-4,7-8,11,13-14H,5-6H2,1-2H3/t11-/m1/s1. The lowest BCUT2D eigenvalue weighted by molar-refractivity contribution is 0.364. The normalized spacial score (nSPS) is 20.9. The molecule has 0 aromatic heterocycles. The van der Waals surface area contributed by atoms with Gasteiger partial charge in [-0.3, -0.25) is 0 Å². The number of nitrogens with one attached hydrogen (secondary N) is 1. The first-order valence-corrected chi connectivity index (χ1v) is 5.24. The maximum atomic E-state index is 9.71. The van der Waals surface area contributed by atoms with Crippen LogP contribution in [0, 0.1) is 0 Å². The molecule has 1 aromatic carbocycles. The number of hydrogen-bond acceptors (Lipinski definition) is 2. The Labute approximate surface area is 85.0 Å². The molecule has 0 spiro atoms. The van der Waals surface area contributed by atoms with Crippen molar-refractivity contribution in [3.63, 3.8) is 0 Å². The smallest absolute Gasteiger partial charge is 0.120 e. The molecule has 1 saturated heterocycles. The van der Waals surface area contributed by atoms with Crippen molar-refractivity contribution in [2.24, 2.45) is 0 Å². The van der Waals surface area contributed by atoms with Crippen molar-refractivity contribution in [3.8, 4) is 5.75 Å². The van der Waals surface area contributed by atoms with E-state index >= 15 is 0 Å². The fourth-order valence-corrected chi connectivity index (χ4v) is 1.77. The third kappa shape index (κ3) is 1.62. The van der Waals surface area contributed by atoms with E-state index in [-0.39, 0.29) is 0 Å². The van der Waals surface area contributed by atoms with Gasteiger partial charge in [0.15, 0.2) is 0 Å². The third-order valence-corrected chi connectivity index (χ3v) is 2.92. The highest BCUT2D eigenvalue weighted by molar-refractivity contribution is 5.40. The van der Waals surface area contributed by atoms with Crippen LogP contribution in [0.15, 0.2) is 18.2 Å². The molecule has 0 aliphatic carbocycles. The van der Waals surface area contributed by atoms with Crippen LogP contribution < -0.4 is 5.32 Å². The number of phenolic OH excluding ortho intramolecular Hbond substituents is 1. The van der Waals surface area contributed by atoms with Crippen LogP contribution >= 0.6 is 0 Å². The average Bonchev–Trinajstić information content (AvgIpc) is 2.05. The third-order valence-electron chi connectivity index (χ3n) is 2.92. The summed E-state index contributed by atoms with van der Waals surface area (Å²) in [6, 6.07) is 6.30. The van der Waals surface area contributed by atoms with Gasteiger partial charge in [-0.15, -0.1) is 0 Å². The molecule has 1 fully saturated rings. The van der Waals surface area contributed by atoms with E-state index in [0.717, 1.165) is 18.5 Å². The molecule has 2 nitrogen and oxygen atoms in total. The molecule has 1 heterocycles. The molecule has 0 bridgehead atoms. The number of aromatic hydroxyl groups is 1. The Hall–Kier alpha value is -1.02. The Kier molecular flexibility index (Phi) is 2.46. The van der Waals surface area contributed by atoms with Gasteiger partial charge >= 0.3 is 0 Å². The predicted octanol–water partition coefficient (Wildman–Crippen LogP) is 2.55. The van der Waals surface area contributed by atoms with E-state index < -0.39 is 0 Å². The Balaban J connectivity index is 2.31. The summed E-state index contributed by atoms with van der Waals surface area (Å²) in [5.41, 5.74) is 2.36. The van der Waals surface area contributed by atoms with E-state index in [0.29, 0.717) is 17.7 Å². The van der Waals surface area contributed by atoms with Crippen LogP contribution in [-0.2, 0) is 0 Å². The number of benzene rings is 1. The zero-order chi connectivity index (χ0) is 10.1. The van der Waals surface area contributed by atoms with Crippen LogP contribution in [0.4, 0.5) is 0 Å². The zero-order valence-electron chi connectivity index (χ0n) is 8.75. The SMILES string of the molecule is CC(C)c1ccc(O)c([C@H]2CCN2)c1. The highest BCUT2D eigenvalue weighted by atomic mass is 16.3. The minimum atomic E-state index is 0.369. The first-order valence-electron chi connectivity index (χ1n) is 5.24. The largest absolute Gasteiger partial charge is 0.508 e. The summed E-state index contributed by atoms with van der Waals surface area (Å²) in [6.07, 6.45) is 1.13. The molecule has 1 atom stereocenters. The fourth-order valence-electron chi connectivity index (χ4n) is 1.77. The van der Waals surface area contributed by atoms with Crippen LogP contribution in [0.3, 0.4) is 0 Å². The van der Waals surface area contributed by atoms with Gasteiger partial charge in [0, 0.05) is 11.6 Å².